The van der Waals surface area contributed by atoms with Crippen molar-refractivity contribution in [1.82, 2.24) is 14.9 Å². The number of hydrogen-bond donors (Lipinski definition) is 1. The number of hydrogen-bond acceptors (Lipinski definition) is 6. The topological polar surface area (TPSA) is 67.4 Å². The smallest absolute Gasteiger partial charge is 0.274 e. The molecule has 1 saturated heterocycles. The van der Waals surface area contributed by atoms with Gasteiger partial charge in [0.1, 0.15) is 5.69 Å². The zero-order valence-corrected chi connectivity index (χ0v) is 15.3. The van der Waals surface area contributed by atoms with Gasteiger partial charge in [-0.05, 0) is 36.9 Å². The molecular weight excluding hydrogens is 336 g/mol. The number of anilines is 1. The lowest BCUT2D eigenvalue weighted by Gasteiger charge is -2.26. The number of ether oxygens (including phenoxy) is 1. The average Bonchev–Trinajstić information content (AvgIpc) is 2.62. The number of nitrogens with one attached hydrogen (secondary N) is 1. The Labute approximate surface area is 152 Å². The third-order valence-electron chi connectivity index (χ3n) is 3.94. The number of nitrogens with zero attached hydrogens (tertiary/aromatic N) is 3. The number of morpholine rings is 1. The predicted octanol–water partition coefficient (Wildman–Crippen LogP) is 2.59. The van der Waals surface area contributed by atoms with Crippen LogP contribution >= 0.6 is 11.8 Å². The summed E-state index contributed by atoms with van der Waals surface area (Å²) in [7, 11) is 0. The van der Waals surface area contributed by atoms with Crippen molar-refractivity contribution >= 4 is 23.4 Å². The van der Waals surface area contributed by atoms with Crippen LogP contribution in [0, 0.1) is 6.92 Å². The SMILES string of the molecule is CSc1nc(C)cc(C(=O)Nc2cccc(CN3CCOCC3)c2)n1. The molecule has 7 heteroatoms. The molecule has 2 aromatic rings. The second-order valence-electron chi connectivity index (χ2n) is 5.92. The summed E-state index contributed by atoms with van der Waals surface area (Å²) in [6, 6.07) is 9.64. The summed E-state index contributed by atoms with van der Waals surface area (Å²) in [6.07, 6.45) is 1.89. The summed E-state index contributed by atoms with van der Waals surface area (Å²) in [5.74, 6) is -0.218. The second-order valence-corrected chi connectivity index (χ2v) is 6.70. The number of thioether (sulfide) groups is 1. The molecule has 0 spiro atoms. The van der Waals surface area contributed by atoms with Gasteiger partial charge >= 0.3 is 0 Å². The third kappa shape index (κ3) is 5.01. The highest BCUT2D eigenvalue weighted by molar-refractivity contribution is 7.98. The Morgan fingerprint density at radius 2 is 2.08 bits per heavy atom. The van der Waals surface area contributed by atoms with E-state index in [2.05, 4.69) is 26.3 Å². The number of benzene rings is 1. The normalized spacial score (nSPS) is 15.1. The fourth-order valence-corrected chi connectivity index (χ4v) is 3.13. The van der Waals surface area contributed by atoms with E-state index in [0.29, 0.717) is 10.9 Å². The van der Waals surface area contributed by atoms with Crippen LogP contribution in [-0.2, 0) is 11.3 Å². The molecule has 1 amide bonds. The summed E-state index contributed by atoms with van der Waals surface area (Å²) in [6.45, 7) is 6.16. The van der Waals surface area contributed by atoms with Crippen LogP contribution in [-0.4, -0.2) is 53.3 Å². The average molecular weight is 358 g/mol. The highest BCUT2D eigenvalue weighted by Crippen LogP contribution is 2.16. The van der Waals surface area contributed by atoms with Crippen molar-refractivity contribution in [2.24, 2.45) is 0 Å². The van der Waals surface area contributed by atoms with Gasteiger partial charge in [0.15, 0.2) is 5.16 Å². The number of carbonyl (C=O) groups is 1. The van der Waals surface area contributed by atoms with Gasteiger partial charge in [-0.1, -0.05) is 23.9 Å². The van der Waals surface area contributed by atoms with E-state index in [0.717, 1.165) is 44.2 Å². The maximum atomic E-state index is 12.5. The summed E-state index contributed by atoms with van der Waals surface area (Å²) in [5.41, 5.74) is 3.11. The summed E-state index contributed by atoms with van der Waals surface area (Å²) in [4.78, 5) is 23.4. The Morgan fingerprint density at radius 3 is 2.84 bits per heavy atom. The Balaban J connectivity index is 1.69. The Kier molecular flexibility index (Phi) is 6.01. The lowest BCUT2D eigenvalue weighted by molar-refractivity contribution is 0.0342. The van der Waals surface area contributed by atoms with Crippen LogP contribution in [0.2, 0.25) is 0 Å². The van der Waals surface area contributed by atoms with Crippen molar-refractivity contribution in [2.75, 3.05) is 37.9 Å². The first-order valence-electron chi connectivity index (χ1n) is 8.24. The first kappa shape index (κ1) is 17.8. The zero-order valence-electron chi connectivity index (χ0n) is 14.5. The van der Waals surface area contributed by atoms with Crippen LogP contribution in [0.15, 0.2) is 35.5 Å². The Morgan fingerprint density at radius 1 is 1.28 bits per heavy atom. The van der Waals surface area contributed by atoms with Crippen LogP contribution in [0.5, 0.6) is 0 Å². The molecular formula is C18H22N4O2S. The van der Waals surface area contributed by atoms with Crippen molar-refractivity contribution in [3.8, 4) is 0 Å². The van der Waals surface area contributed by atoms with Crippen LogP contribution in [0.1, 0.15) is 21.7 Å². The minimum absolute atomic E-state index is 0.218. The largest absolute Gasteiger partial charge is 0.379 e. The van der Waals surface area contributed by atoms with E-state index >= 15 is 0 Å². The molecule has 0 atom stereocenters. The maximum Gasteiger partial charge on any atom is 0.274 e. The number of aryl methyl sites for hydroxylation is 1. The van der Waals surface area contributed by atoms with E-state index in [1.165, 1.54) is 17.3 Å². The molecule has 0 radical (unpaired) electrons. The van der Waals surface area contributed by atoms with Crippen molar-refractivity contribution < 1.29 is 9.53 Å². The van der Waals surface area contributed by atoms with E-state index in [1.807, 2.05) is 31.4 Å². The minimum Gasteiger partial charge on any atom is -0.379 e. The first-order valence-corrected chi connectivity index (χ1v) is 9.46. The van der Waals surface area contributed by atoms with Gasteiger partial charge < -0.3 is 10.1 Å². The number of carbonyl (C=O) groups excluding carboxylic acids is 1. The summed E-state index contributed by atoms with van der Waals surface area (Å²) < 4.78 is 5.38. The van der Waals surface area contributed by atoms with Crippen molar-refractivity contribution in [3.05, 3.63) is 47.3 Å². The lowest BCUT2D eigenvalue weighted by atomic mass is 10.1. The van der Waals surface area contributed by atoms with Gasteiger partial charge in [0.2, 0.25) is 0 Å². The Hall–Kier alpha value is -1.96. The van der Waals surface area contributed by atoms with E-state index < -0.39 is 0 Å². The highest BCUT2D eigenvalue weighted by atomic mass is 32.2. The molecule has 1 N–H and O–H groups in total. The number of aromatic nitrogens is 2. The molecule has 6 nitrogen and oxygen atoms in total. The van der Waals surface area contributed by atoms with Gasteiger partial charge in [-0.15, -0.1) is 0 Å². The molecule has 0 unspecified atom stereocenters. The predicted molar refractivity (Wildman–Crippen MR) is 99.0 cm³/mol. The molecule has 1 fully saturated rings. The van der Waals surface area contributed by atoms with Crippen molar-refractivity contribution in [2.45, 2.75) is 18.6 Å². The highest BCUT2D eigenvalue weighted by Gasteiger charge is 2.13. The van der Waals surface area contributed by atoms with Crippen molar-refractivity contribution in [1.29, 1.82) is 0 Å². The molecule has 1 aliphatic rings. The van der Waals surface area contributed by atoms with Gasteiger partial charge in [-0.25, -0.2) is 9.97 Å². The van der Waals surface area contributed by atoms with Gasteiger partial charge in [0, 0.05) is 31.0 Å². The van der Waals surface area contributed by atoms with E-state index in [9.17, 15) is 4.79 Å². The molecule has 2 heterocycles. The van der Waals surface area contributed by atoms with Gasteiger partial charge in [-0.2, -0.15) is 0 Å². The van der Waals surface area contributed by atoms with Crippen LogP contribution in [0.3, 0.4) is 0 Å². The standard InChI is InChI=1S/C18H22N4O2S/c1-13-10-16(21-18(19-13)25-2)17(23)20-15-5-3-4-14(11-15)12-22-6-8-24-9-7-22/h3-5,10-11H,6-9,12H2,1-2H3,(H,20,23). The van der Waals surface area contributed by atoms with Crippen LogP contribution in [0.4, 0.5) is 5.69 Å². The molecule has 0 bridgehead atoms. The van der Waals surface area contributed by atoms with Gasteiger partial charge in [-0.3, -0.25) is 9.69 Å². The van der Waals surface area contributed by atoms with Gasteiger partial charge in [0.25, 0.3) is 5.91 Å². The van der Waals surface area contributed by atoms with Gasteiger partial charge in [0.05, 0.1) is 13.2 Å². The number of amides is 1. The van der Waals surface area contributed by atoms with Crippen molar-refractivity contribution in [3.63, 3.8) is 0 Å². The minimum atomic E-state index is -0.218. The number of rotatable bonds is 5. The second kappa shape index (κ2) is 8.42. The summed E-state index contributed by atoms with van der Waals surface area (Å²) >= 11 is 1.42. The molecule has 1 aliphatic heterocycles. The fourth-order valence-electron chi connectivity index (χ4n) is 2.71. The molecule has 132 valence electrons. The first-order chi connectivity index (χ1) is 12.1. The zero-order chi connectivity index (χ0) is 17.6. The lowest BCUT2D eigenvalue weighted by Crippen LogP contribution is -2.35. The maximum absolute atomic E-state index is 12.5. The molecule has 1 aromatic heterocycles. The van der Waals surface area contributed by atoms with E-state index in [4.69, 9.17) is 4.74 Å². The van der Waals surface area contributed by atoms with E-state index in [1.54, 1.807) is 6.07 Å². The monoisotopic (exact) mass is 358 g/mol. The summed E-state index contributed by atoms with van der Waals surface area (Å²) in [5, 5.41) is 3.54. The molecule has 1 aromatic carbocycles. The molecule has 0 saturated carbocycles. The van der Waals surface area contributed by atoms with E-state index in [-0.39, 0.29) is 5.91 Å². The van der Waals surface area contributed by atoms with Crippen LogP contribution < -0.4 is 5.32 Å². The Bertz CT molecular complexity index is 748. The molecule has 0 aliphatic carbocycles. The molecule has 3 rings (SSSR count). The fraction of sp³-hybridized carbons (Fsp3) is 0.389. The van der Waals surface area contributed by atoms with Crippen LogP contribution in [0.25, 0.3) is 0 Å². The molecule has 25 heavy (non-hydrogen) atoms. The quantitative estimate of drug-likeness (QED) is 0.655. The third-order valence-corrected chi connectivity index (χ3v) is 4.49.